The fourth-order valence-electron chi connectivity index (χ4n) is 5.09. The van der Waals surface area contributed by atoms with E-state index in [-0.39, 0.29) is 0 Å². The Kier molecular flexibility index (Phi) is 6.32. The minimum Gasteiger partial charge on any atom is -0.384 e. The number of nitrogens with zero attached hydrogens (tertiary/aromatic N) is 2. The van der Waals surface area contributed by atoms with Crippen LogP contribution in [0.25, 0.3) is 43.6 Å². The summed E-state index contributed by atoms with van der Waals surface area (Å²) < 4.78 is 0. The van der Waals surface area contributed by atoms with Crippen LogP contribution in [-0.4, -0.2) is 23.1 Å². The highest BCUT2D eigenvalue weighted by Crippen LogP contribution is 2.31. The van der Waals surface area contributed by atoms with Gasteiger partial charge in [0.1, 0.15) is 0 Å². The van der Waals surface area contributed by atoms with Crippen LogP contribution in [-0.2, 0) is 0 Å². The van der Waals surface area contributed by atoms with E-state index in [0.29, 0.717) is 0 Å². The zero-order chi connectivity index (χ0) is 24.2. The van der Waals surface area contributed by atoms with E-state index in [0.717, 1.165) is 48.0 Å². The lowest BCUT2D eigenvalue weighted by atomic mass is 10.1. The van der Waals surface area contributed by atoms with Crippen molar-refractivity contribution in [3.8, 4) is 0 Å². The van der Waals surface area contributed by atoms with E-state index in [1.807, 2.05) is 0 Å². The largest absolute Gasteiger partial charge is 0.384 e. The Morgan fingerprint density at radius 2 is 0.694 bits per heavy atom. The van der Waals surface area contributed by atoms with Gasteiger partial charge in [-0.15, -0.1) is 0 Å². The first-order chi connectivity index (χ1) is 17.9. The maximum absolute atomic E-state index is 4.83. The third kappa shape index (κ3) is 4.42. The average Bonchev–Trinajstić information content (AvgIpc) is 2.93. The second-order valence-electron chi connectivity index (χ2n) is 9.31. The summed E-state index contributed by atoms with van der Waals surface area (Å²) in [6, 6.07) is 33.6. The first-order valence-electron chi connectivity index (χ1n) is 12.9. The molecule has 178 valence electrons. The number of rotatable bonds is 9. The molecular formula is C32H30N4. The van der Waals surface area contributed by atoms with E-state index in [1.54, 1.807) is 0 Å². The first-order valence-corrected chi connectivity index (χ1v) is 12.9. The number of anilines is 2. The molecule has 0 atom stereocenters. The maximum atomic E-state index is 4.83. The summed E-state index contributed by atoms with van der Waals surface area (Å²) in [7, 11) is 0. The number of para-hydroxylation sites is 4. The molecule has 0 amide bonds. The van der Waals surface area contributed by atoms with E-state index >= 15 is 0 Å². The van der Waals surface area contributed by atoms with Gasteiger partial charge in [0.2, 0.25) is 0 Å². The lowest BCUT2D eigenvalue weighted by molar-refractivity contribution is 0.671. The van der Waals surface area contributed by atoms with Crippen molar-refractivity contribution in [2.24, 2.45) is 0 Å². The average molecular weight is 471 g/mol. The van der Waals surface area contributed by atoms with Crippen molar-refractivity contribution in [1.82, 2.24) is 9.97 Å². The van der Waals surface area contributed by atoms with Gasteiger partial charge in [-0.25, -0.2) is 9.97 Å². The van der Waals surface area contributed by atoms with Gasteiger partial charge in [-0.2, -0.15) is 0 Å². The summed E-state index contributed by atoms with van der Waals surface area (Å²) in [5, 5.41) is 12.2. The van der Waals surface area contributed by atoms with Crippen LogP contribution in [0.2, 0.25) is 0 Å². The van der Waals surface area contributed by atoms with Crippen molar-refractivity contribution in [3.63, 3.8) is 0 Å². The van der Waals surface area contributed by atoms with Crippen molar-refractivity contribution < 1.29 is 0 Å². The molecule has 6 rings (SSSR count). The highest BCUT2D eigenvalue weighted by Gasteiger charge is 2.09. The van der Waals surface area contributed by atoms with Gasteiger partial charge in [0.05, 0.1) is 33.4 Å². The van der Waals surface area contributed by atoms with Crippen LogP contribution in [0.4, 0.5) is 11.4 Å². The number of hydrogen-bond donors (Lipinski definition) is 2. The molecule has 0 aliphatic carbocycles. The van der Waals surface area contributed by atoms with Crippen molar-refractivity contribution in [2.75, 3.05) is 23.7 Å². The van der Waals surface area contributed by atoms with Crippen molar-refractivity contribution in [1.29, 1.82) is 0 Å². The predicted octanol–water partition coefficient (Wildman–Crippen LogP) is 8.17. The van der Waals surface area contributed by atoms with Crippen LogP contribution in [0.3, 0.4) is 0 Å². The lowest BCUT2D eigenvalue weighted by Gasteiger charge is -2.14. The topological polar surface area (TPSA) is 49.8 Å². The first kappa shape index (κ1) is 22.3. The molecule has 6 aromatic rings. The van der Waals surface area contributed by atoms with Crippen LogP contribution in [0.1, 0.15) is 25.7 Å². The third-order valence-corrected chi connectivity index (χ3v) is 6.88. The normalized spacial score (nSPS) is 11.4. The zero-order valence-corrected chi connectivity index (χ0v) is 20.4. The van der Waals surface area contributed by atoms with Gasteiger partial charge in [0.15, 0.2) is 0 Å². The molecule has 0 unspecified atom stereocenters. The Labute approximate surface area is 211 Å². The summed E-state index contributed by atoms with van der Waals surface area (Å²) in [6.45, 7) is 1.93. The predicted molar refractivity (Wildman–Crippen MR) is 154 cm³/mol. The quantitative estimate of drug-likeness (QED) is 0.165. The number of unbranched alkanes of at least 4 members (excludes halogenated alkanes) is 3. The minimum absolute atomic E-state index is 0.963. The fraction of sp³-hybridized carbons (Fsp3) is 0.188. The number of benzene rings is 4. The number of hydrogen-bond acceptors (Lipinski definition) is 4. The van der Waals surface area contributed by atoms with Crippen molar-refractivity contribution in [2.45, 2.75) is 25.7 Å². The Balaban J connectivity index is 1.05. The van der Waals surface area contributed by atoms with Crippen LogP contribution in [0.5, 0.6) is 0 Å². The summed E-state index contributed by atoms with van der Waals surface area (Å²) in [5.74, 6) is 0. The molecule has 0 saturated heterocycles. The maximum Gasteiger partial charge on any atom is 0.0730 e. The lowest BCUT2D eigenvalue weighted by Crippen LogP contribution is -2.05. The Hall–Kier alpha value is -4.18. The molecule has 2 N–H and O–H groups in total. The van der Waals surface area contributed by atoms with Crippen LogP contribution in [0.15, 0.2) is 97.1 Å². The Morgan fingerprint density at radius 1 is 0.389 bits per heavy atom. The van der Waals surface area contributed by atoms with E-state index in [1.165, 1.54) is 45.8 Å². The standard InChI is InChI=1S/C32H30N4/c1(11-21-33-31-23-13-3-7-17-27(23)35-28-18-8-4-14-24(28)31)2-12-22-34-32-25-15-5-9-19-29(25)36-30-20-10-6-16-26(30)32/h3-10,13-20H,1-2,11-12,21-22H2,(H,33,35)(H,34,36). The number of fused-ring (bicyclic) bond motifs is 4. The third-order valence-electron chi connectivity index (χ3n) is 6.88. The van der Waals surface area contributed by atoms with Gasteiger partial charge in [0.25, 0.3) is 0 Å². The Bertz CT molecular complexity index is 1420. The molecule has 0 bridgehead atoms. The molecule has 2 heterocycles. The summed E-state index contributed by atoms with van der Waals surface area (Å²) in [4.78, 5) is 9.66. The summed E-state index contributed by atoms with van der Waals surface area (Å²) >= 11 is 0. The van der Waals surface area contributed by atoms with Crippen molar-refractivity contribution in [3.05, 3.63) is 97.1 Å². The van der Waals surface area contributed by atoms with Crippen LogP contribution < -0.4 is 10.6 Å². The molecule has 36 heavy (non-hydrogen) atoms. The smallest absolute Gasteiger partial charge is 0.0730 e. The van der Waals surface area contributed by atoms with Gasteiger partial charge >= 0.3 is 0 Å². The van der Waals surface area contributed by atoms with E-state index in [9.17, 15) is 0 Å². The summed E-state index contributed by atoms with van der Waals surface area (Å²) in [6.07, 6.45) is 4.69. The molecule has 0 fully saturated rings. The molecule has 0 radical (unpaired) electrons. The zero-order valence-electron chi connectivity index (χ0n) is 20.4. The van der Waals surface area contributed by atoms with Gasteiger partial charge in [-0.3, -0.25) is 0 Å². The molecule has 4 aromatic carbocycles. The molecule has 0 spiro atoms. The van der Waals surface area contributed by atoms with Gasteiger partial charge in [-0.1, -0.05) is 85.6 Å². The van der Waals surface area contributed by atoms with Crippen LogP contribution >= 0.6 is 0 Å². The second kappa shape index (κ2) is 10.2. The number of aromatic nitrogens is 2. The van der Waals surface area contributed by atoms with Crippen molar-refractivity contribution >= 4 is 55.0 Å². The minimum atomic E-state index is 0.963. The highest BCUT2D eigenvalue weighted by molar-refractivity contribution is 6.08. The van der Waals surface area contributed by atoms with E-state index in [2.05, 4.69) is 108 Å². The molecule has 0 saturated carbocycles. The molecule has 4 nitrogen and oxygen atoms in total. The number of pyridine rings is 2. The van der Waals surface area contributed by atoms with Gasteiger partial charge in [-0.05, 0) is 37.1 Å². The molecular weight excluding hydrogens is 440 g/mol. The number of nitrogens with one attached hydrogen (secondary N) is 2. The van der Waals surface area contributed by atoms with E-state index < -0.39 is 0 Å². The second-order valence-corrected chi connectivity index (χ2v) is 9.31. The molecule has 2 aromatic heterocycles. The SMILES string of the molecule is c1ccc2c(NCCCCCCNc3c4ccccc4nc4ccccc34)c3ccccc3nc2c1. The highest BCUT2D eigenvalue weighted by atomic mass is 14.9. The molecule has 4 heteroatoms. The van der Waals surface area contributed by atoms with E-state index in [4.69, 9.17) is 9.97 Å². The van der Waals surface area contributed by atoms with Gasteiger partial charge < -0.3 is 10.6 Å². The van der Waals surface area contributed by atoms with Gasteiger partial charge in [0, 0.05) is 34.6 Å². The Morgan fingerprint density at radius 3 is 1.03 bits per heavy atom. The molecule has 0 aliphatic rings. The monoisotopic (exact) mass is 470 g/mol. The fourth-order valence-corrected chi connectivity index (χ4v) is 5.09. The summed E-state index contributed by atoms with van der Waals surface area (Å²) in [5.41, 5.74) is 6.58. The van der Waals surface area contributed by atoms with Crippen LogP contribution in [0, 0.1) is 0 Å². The molecule has 0 aliphatic heterocycles.